The van der Waals surface area contributed by atoms with Crippen molar-refractivity contribution in [2.24, 2.45) is 11.3 Å². The second kappa shape index (κ2) is 5.67. The van der Waals surface area contributed by atoms with Gasteiger partial charge in [-0.05, 0) is 30.6 Å². The molecule has 0 saturated carbocycles. The molecule has 1 amide bonds. The highest BCUT2D eigenvalue weighted by Crippen LogP contribution is 2.30. The molecule has 1 fully saturated rings. The molecule has 1 aliphatic rings. The lowest BCUT2D eigenvalue weighted by Gasteiger charge is -2.35. The summed E-state index contributed by atoms with van der Waals surface area (Å²) >= 11 is 0. The summed E-state index contributed by atoms with van der Waals surface area (Å²) in [6.07, 6.45) is 3.59. The molecule has 0 aromatic carbocycles. The molecule has 16 heavy (non-hydrogen) atoms. The first kappa shape index (κ1) is 13.5. The number of amides is 1. The summed E-state index contributed by atoms with van der Waals surface area (Å²) in [6, 6.07) is 0. The predicted octanol–water partition coefficient (Wildman–Crippen LogP) is 2.31. The van der Waals surface area contributed by atoms with Gasteiger partial charge in [0.1, 0.15) is 6.61 Å². The van der Waals surface area contributed by atoms with Crippen molar-refractivity contribution in [2.45, 2.75) is 40.0 Å². The molecule has 1 saturated heterocycles. The maximum atomic E-state index is 11.7. The first-order valence-electron chi connectivity index (χ1n) is 6.19. The van der Waals surface area contributed by atoms with Crippen LogP contribution >= 0.6 is 0 Å². The van der Waals surface area contributed by atoms with Gasteiger partial charge in [0.2, 0.25) is 5.91 Å². The summed E-state index contributed by atoms with van der Waals surface area (Å²) in [6.45, 7) is 8.85. The summed E-state index contributed by atoms with van der Waals surface area (Å²) in [4.78, 5) is 13.7. The monoisotopic (exact) mass is 227 g/mol. The lowest BCUT2D eigenvalue weighted by Crippen LogP contribution is -2.42. The zero-order chi connectivity index (χ0) is 12.2. The lowest BCUT2D eigenvalue weighted by molar-refractivity contribution is -0.137. The molecule has 1 rings (SSSR count). The Labute approximate surface area is 99.1 Å². The maximum Gasteiger partial charge on any atom is 0.248 e. The van der Waals surface area contributed by atoms with Crippen molar-refractivity contribution in [3.05, 3.63) is 0 Å². The van der Waals surface area contributed by atoms with Gasteiger partial charge in [-0.1, -0.05) is 20.8 Å². The number of hydrogen-bond donors (Lipinski definition) is 0. The summed E-state index contributed by atoms with van der Waals surface area (Å²) < 4.78 is 4.90. The molecule has 0 spiro atoms. The van der Waals surface area contributed by atoms with Gasteiger partial charge in [-0.3, -0.25) is 4.79 Å². The lowest BCUT2D eigenvalue weighted by atomic mass is 9.81. The van der Waals surface area contributed by atoms with Crippen LogP contribution in [-0.4, -0.2) is 37.6 Å². The molecule has 1 unspecified atom stereocenters. The van der Waals surface area contributed by atoms with Crippen molar-refractivity contribution < 1.29 is 9.53 Å². The minimum atomic E-state index is 0.140. The van der Waals surface area contributed by atoms with Crippen LogP contribution in [-0.2, 0) is 9.53 Å². The second-order valence-corrected chi connectivity index (χ2v) is 6.05. The number of carbonyl (C=O) groups excluding carboxylic acids is 1. The summed E-state index contributed by atoms with van der Waals surface area (Å²) in [7, 11) is 1.58. The standard InChI is InChI=1S/C13H25NO2/c1-13(2,3)8-11-6-5-7-14(9-11)12(15)10-16-4/h11H,5-10H2,1-4H3. The second-order valence-electron chi connectivity index (χ2n) is 6.05. The fraction of sp³-hybridized carbons (Fsp3) is 0.923. The topological polar surface area (TPSA) is 29.5 Å². The van der Waals surface area contributed by atoms with E-state index in [1.165, 1.54) is 12.8 Å². The number of methoxy groups -OCH3 is 1. The van der Waals surface area contributed by atoms with Gasteiger partial charge in [0.05, 0.1) is 0 Å². The van der Waals surface area contributed by atoms with Gasteiger partial charge >= 0.3 is 0 Å². The molecule has 1 aliphatic heterocycles. The fourth-order valence-electron chi connectivity index (χ4n) is 2.54. The number of carbonyl (C=O) groups is 1. The quantitative estimate of drug-likeness (QED) is 0.740. The molecule has 1 atom stereocenters. The molecule has 3 nitrogen and oxygen atoms in total. The average Bonchev–Trinajstić information content (AvgIpc) is 2.16. The van der Waals surface area contributed by atoms with E-state index in [0.29, 0.717) is 11.3 Å². The van der Waals surface area contributed by atoms with E-state index in [4.69, 9.17) is 4.74 Å². The van der Waals surface area contributed by atoms with Gasteiger partial charge in [0.25, 0.3) is 0 Å². The third-order valence-corrected chi connectivity index (χ3v) is 3.04. The number of rotatable bonds is 3. The Bertz CT molecular complexity index is 233. The van der Waals surface area contributed by atoms with E-state index in [-0.39, 0.29) is 12.5 Å². The molecule has 0 aromatic rings. The van der Waals surface area contributed by atoms with Crippen molar-refractivity contribution in [1.82, 2.24) is 4.90 Å². The molecule has 0 N–H and O–H groups in total. The Hall–Kier alpha value is -0.570. The number of ether oxygens (including phenoxy) is 1. The largest absolute Gasteiger partial charge is 0.375 e. The Morgan fingerprint density at radius 1 is 1.44 bits per heavy atom. The van der Waals surface area contributed by atoms with Gasteiger partial charge in [0.15, 0.2) is 0 Å². The molecular weight excluding hydrogens is 202 g/mol. The van der Waals surface area contributed by atoms with Gasteiger partial charge < -0.3 is 9.64 Å². The zero-order valence-corrected chi connectivity index (χ0v) is 11.1. The Morgan fingerprint density at radius 3 is 2.69 bits per heavy atom. The van der Waals surface area contributed by atoms with Gasteiger partial charge in [-0.2, -0.15) is 0 Å². The highest BCUT2D eigenvalue weighted by Gasteiger charge is 2.26. The third kappa shape index (κ3) is 4.52. The van der Waals surface area contributed by atoms with Crippen LogP contribution in [0.1, 0.15) is 40.0 Å². The number of likely N-dealkylation sites (tertiary alicyclic amines) is 1. The van der Waals surface area contributed by atoms with Crippen molar-refractivity contribution in [3.8, 4) is 0 Å². The van der Waals surface area contributed by atoms with Crippen LogP contribution < -0.4 is 0 Å². The molecule has 0 bridgehead atoms. The number of hydrogen-bond acceptors (Lipinski definition) is 2. The molecule has 0 aromatic heterocycles. The molecular formula is C13H25NO2. The highest BCUT2D eigenvalue weighted by molar-refractivity contribution is 5.77. The first-order valence-corrected chi connectivity index (χ1v) is 6.19. The van der Waals surface area contributed by atoms with Crippen molar-refractivity contribution in [3.63, 3.8) is 0 Å². The highest BCUT2D eigenvalue weighted by atomic mass is 16.5. The van der Waals surface area contributed by atoms with E-state index in [9.17, 15) is 4.79 Å². The number of nitrogens with zero attached hydrogens (tertiary/aromatic N) is 1. The van der Waals surface area contributed by atoms with E-state index in [1.54, 1.807) is 7.11 Å². The fourth-order valence-corrected chi connectivity index (χ4v) is 2.54. The molecule has 3 heteroatoms. The van der Waals surface area contributed by atoms with Crippen molar-refractivity contribution >= 4 is 5.91 Å². The van der Waals surface area contributed by atoms with Crippen LogP contribution in [0.2, 0.25) is 0 Å². The molecule has 0 radical (unpaired) electrons. The molecule has 0 aliphatic carbocycles. The van der Waals surface area contributed by atoms with Crippen LogP contribution in [0.4, 0.5) is 0 Å². The maximum absolute atomic E-state index is 11.7. The zero-order valence-electron chi connectivity index (χ0n) is 11.1. The Balaban J connectivity index is 2.44. The van der Waals surface area contributed by atoms with Gasteiger partial charge in [-0.15, -0.1) is 0 Å². The smallest absolute Gasteiger partial charge is 0.248 e. The Kier molecular flexibility index (Phi) is 4.78. The summed E-state index contributed by atoms with van der Waals surface area (Å²) in [5.41, 5.74) is 0.359. The van der Waals surface area contributed by atoms with E-state index < -0.39 is 0 Å². The third-order valence-electron chi connectivity index (χ3n) is 3.04. The van der Waals surface area contributed by atoms with E-state index in [1.807, 2.05) is 4.90 Å². The SMILES string of the molecule is COCC(=O)N1CCCC(CC(C)(C)C)C1. The normalized spacial score (nSPS) is 22.2. The van der Waals surface area contributed by atoms with E-state index >= 15 is 0 Å². The first-order chi connectivity index (χ1) is 7.42. The van der Waals surface area contributed by atoms with Gasteiger partial charge in [-0.25, -0.2) is 0 Å². The van der Waals surface area contributed by atoms with Crippen LogP contribution in [0.5, 0.6) is 0 Å². The van der Waals surface area contributed by atoms with Crippen molar-refractivity contribution in [1.29, 1.82) is 0 Å². The number of piperidine rings is 1. The average molecular weight is 227 g/mol. The molecule has 1 heterocycles. The Morgan fingerprint density at radius 2 is 2.12 bits per heavy atom. The predicted molar refractivity (Wildman–Crippen MR) is 65.3 cm³/mol. The van der Waals surface area contributed by atoms with Crippen LogP contribution in [0, 0.1) is 11.3 Å². The van der Waals surface area contributed by atoms with E-state index in [0.717, 1.165) is 19.5 Å². The minimum absolute atomic E-state index is 0.140. The summed E-state index contributed by atoms with van der Waals surface area (Å²) in [5, 5.41) is 0. The van der Waals surface area contributed by atoms with Crippen molar-refractivity contribution in [2.75, 3.05) is 26.8 Å². The minimum Gasteiger partial charge on any atom is -0.375 e. The molecule has 94 valence electrons. The van der Waals surface area contributed by atoms with Gasteiger partial charge in [0, 0.05) is 20.2 Å². The summed E-state index contributed by atoms with van der Waals surface area (Å²) in [5.74, 6) is 0.802. The van der Waals surface area contributed by atoms with Crippen LogP contribution in [0.15, 0.2) is 0 Å². The van der Waals surface area contributed by atoms with E-state index in [2.05, 4.69) is 20.8 Å². The van der Waals surface area contributed by atoms with Crippen LogP contribution in [0.3, 0.4) is 0 Å². The van der Waals surface area contributed by atoms with Crippen LogP contribution in [0.25, 0.3) is 0 Å².